The minimum absolute atomic E-state index is 0.536. The van der Waals surface area contributed by atoms with E-state index in [9.17, 15) is 0 Å². The average molecular weight is 193 g/mol. The summed E-state index contributed by atoms with van der Waals surface area (Å²) < 4.78 is 0. The van der Waals surface area contributed by atoms with E-state index < -0.39 is 0 Å². The molecular weight excluding hydrogens is 174 g/mol. The van der Waals surface area contributed by atoms with Crippen LogP contribution < -0.4 is 5.73 Å². The van der Waals surface area contributed by atoms with Gasteiger partial charge in [-0.25, -0.2) is 9.97 Å². The van der Waals surface area contributed by atoms with E-state index in [0.717, 1.165) is 29.2 Å². The highest BCUT2D eigenvalue weighted by molar-refractivity contribution is 5.25. The highest BCUT2D eigenvalue weighted by atomic mass is 14.9. The first-order chi connectivity index (χ1) is 6.54. The molecule has 78 valence electrons. The second kappa shape index (κ2) is 4.51. The van der Waals surface area contributed by atoms with Crippen LogP contribution in [0.25, 0.3) is 0 Å². The van der Waals surface area contributed by atoms with Crippen molar-refractivity contribution in [1.29, 1.82) is 0 Å². The summed E-state index contributed by atoms with van der Waals surface area (Å²) in [6, 6.07) is 0. The summed E-state index contributed by atoms with van der Waals surface area (Å²) in [4.78, 5) is 8.78. The Morgan fingerprint density at radius 1 is 1.21 bits per heavy atom. The number of nitrogens with zero attached hydrogens (tertiary/aromatic N) is 2. The van der Waals surface area contributed by atoms with Crippen LogP contribution in [0.1, 0.15) is 36.6 Å². The number of hydrogen-bond acceptors (Lipinski definition) is 3. The number of aromatic nitrogens is 2. The topological polar surface area (TPSA) is 51.8 Å². The zero-order valence-corrected chi connectivity index (χ0v) is 9.46. The normalized spacial score (nSPS) is 11.0. The third-order valence-corrected chi connectivity index (χ3v) is 2.22. The fraction of sp³-hybridized carbons (Fsp3) is 0.636. The second-order valence-electron chi connectivity index (χ2n) is 4.08. The van der Waals surface area contributed by atoms with Crippen molar-refractivity contribution in [1.82, 2.24) is 9.97 Å². The molecule has 1 aromatic rings. The van der Waals surface area contributed by atoms with Crippen molar-refractivity contribution in [3.05, 3.63) is 22.8 Å². The van der Waals surface area contributed by atoms with Crippen LogP contribution >= 0.6 is 0 Å². The summed E-state index contributed by atoms with van der Waals surface area (Å²) in [6.45, 7) is 8.84. The third kappa shape index (κ3) is 2.51. The molecule has 0 aliphatic heterocycles. The van der Waals surface area contributed by atoms with Gasteiger partial charge >= 0.3 is 0 Å². The van der Waals surface area contributed by atoms with Crippen LogP contribution in [0.3, 0.4) is 0 Å². The predicted molar refractivity (Wildman–Crippen MR) is 57.9 cm³/mol. The Bertz CT molecular complexity index is 319. The Labute approximate surface area is 85.8 Å². The number of aryl methyl sites for hydroxylation is 2. The van der Waals surface area contributed by atoms with Gasteiger partial charge in [0.05, 0.1) is 0 Å². The van der Waals surface area contributed by atoms with Gasteiger partial charge in [0, 0.05) is 23.5 Å². The summed E-state index contributed by atoms with van der Waals surface area (Å²) in [7, 11) is 0. The lowest BCUT2D eigenvalue weighted by molar-refractivity contribution is 0.624. The van der Waals surface area contributed by atoms with Gasteiger partial charge in [-0.1, -0.05) is 13.8 Å². The van der Waals surface area contributed by atoms with Crippen molar-refractivity contribution >= 4 is 0 Å². The van der Waals surface area contributed by atoms with E-state index in [4.69, 9.17) is 5.73 Å². The lowest BCUT2D eigenvalue weighted by atomic mass is 10.0. The van der Waals surface area contributed by atoms with Gasteiger partial charge in [-0.05, 0) is 26.2 Å². The number of hydrogen-bond donors (Lipinski definition) is 1. The van der Waals surface area contributed by atoms with Gasteiger partial charge in [0.2, 0.25) is 0 Å². The summed E-state index contributed by atoms with van der Waals surface area (Å²) in [6.07, 6.45) is 0.983. The molecule has 2 N–H and O–H groups in total. The van der Waals surface area contributed by atoms with Crippen LogP contribution in [-0.4, -0.2) is 9.97 Å². The molecule has 1 rings (SSSR count). The first-order valence-corrected chi connectivity index (χ1v) is 5.07. The molecule has 0 radical (unpaired) electrons. The molecule has 0 unspecified atom stereocenters. The fourth-order valence-corrected chi connectivity index (χ4v) is 1.63. The molecule has 0 bridgehead atoms. The van der Waals surface area contributed by atoms with E-state index in [1.165, 1.54) is 0 Å². The molecule has 3 heteroatoms. The van der Waals surface area contributed by atoms with Crippen molar-refractivity contribution in [3.63, 3.8) is 0 Å². The maximum Gasteiger partial charge on any atom is 0.125 e. The van der Waals surface area contributed by atoms with Gasteiger partial charge in [-0.15, -0.1) is 0 Å². The smallest absolute Gasteiger partial charge is 0.125 e. The molecule has 1 heterocycles. The molecule has 0 aliphatic carbocycles. The molecule has 1 aromatic heterocycles. The molecule has 0 fully saturated rings. The van der Waals surface area contributed by atoms with Gasteiger partial charge < -0.3 is 5.73 Å². The minimum atomic E-state index is 0.536. The maximum absolute atomic E-state index is 5.70. The zero-order valence-electron chi connectivity index (χ0n) is 9.46. The molecule has 0 amide bonds. The Kier molecular flexibility index (Phi) is 3.58. The van der Waals surface area contributed by atoms with Crippen LogP contribution in [0.5, 0.6) is 0 Å². The lowest BCUT2D eigenvalue weighted by Crippen LogP contribution is -2.11. The van der Waals surface area contributed by atoms with Crippen LogP contribution in [0.4, 0.5) is 0 Å². The molecule has 0 spiro atoms. The average Bonchev–Trinajstić information content (AvgIpc) is 2.01. The Morgan fingerprint density at radius 2 is 1.86 bits per heavy atom. The van der Waals surface area contributed by atoms with Crippen LogP contribution in [0.15, 0.2) is 0 Å². The van der Waals surface area contributed by atoms with Gasteiger partial charge in [0.15, 0.2) is 0 Å². The van der Waals surface area contributed by atoms with Gasteiger partial charge in [0.25, 0.3) is 0 Å². The van der Waals surface area contributed by atoms with Crippen LogP contribution in [-0.2, 0) is 13.0 Å². The first-order valence-electron chi connectivity index (χ1n) is 5.07. The van der Waals surface area contributed by atoms with Crippen molar-refractivity contribution in [2.24, 2.45) is 11.7 Å². The highest BCUT2D eigenvalue weighted by Gasteiger charge is 2.09. The number of rotatable bonds is 3. The van der Waals surface area contributed by atoms with Gasteiger partial charge in [-0.2, -0.15) is 0 Å². The van der Waals surface area contributed by atoms with Crippen LogP contribution in [0.2, 0.25) is 0 Å². The fourth-order valence-electron chi connectivity index (χ4n) is 1.63. The molecule has 0 aliphatic rings. The molecular formula is C11H19N3. The van der Waals surface area contributed by atoms with Crippen LogP contribution in [0, 0.1) is 19.8 Å². The third-order valence-electron chi connectivity index (χ3n) is 2.22. The molecule has 3 nitrogen and oxygen atoms in total. The van der Waals surface area contributed by atoms with Gasteiger partial charge in [0.1, 0.15) is 5.82 Å². The van der Waals surface area contributed by atoms with Gasteiger partial charge in [-0.3, -0.25) is 0 Å². The molecule has 0 aromatic carbocycles. The van der Waals surface area contributed by atoms with Crippen molar-refractivity contribution in [3.8, 4) is 0 Å². The summed E-state index contributed by atoms with van der Waals surface area (Å²) in [5.41, 5.74) is 8.95. The molecule has 0 saturated heterocycles. The maximum atomic E-state index is 5.70. The van der Waals surface area contributed by atoms with E-state index in [0.29, 0.717) is 12.5 Å². The molecule has 0 saturated carbocycles. The molecule has 0 atom stereocenters. The van der Waals surface area contributed by atoms with E-state index >= 15 is 0 Å². The zero-order chi connectivity index (χ0) is 10.7. The Morgan fingerprint density at radius 3 is 2.36 bits per heavy atom. The quantitative estimate of drug-likeness (QED) is 0.795. The van der Waals surface area contributed by atoms with Crippen molar-refractivity contribution in [2.45, 2.75) is 40.7 Å². The van der Waals surface area contributed by atoms with E-state index in [1.807, 2.05) is 13.8 Å². The summed E-state index contributed by atoms with van der Waals surface area (Å²) in [5.74, 6) is 1.45. The van der Waals surface area contributed by atoms with E-state index in [2.05, 4.69) is 23.8 Å². The SMILES string of the molecule is Cc1nc(C)c(CN)c(CC(C)C)n1. The largest absolute Gasteiger partial charge is 0.326 e. The Hall–Kier alpha value is -0.960. The number of nitrogens with two attached hydrogens (primary N) is 1. The summed E-state index contributed by atoms with van der Waals surface area (Å²) >= 11 is 0. The minimum Gasteiger partial charge on any atom is -0.326 e. The standard InChI is InChI=1S/C11H19N3/c1-7(2)5-11-10(6-12)8(3)13-9(4)14-11/h7H,5-6,12H2,1-4H3. The van der Waals surface area contributed by atoms with E-state index in [-0.39, 0.29) is 0 Å². The Balaban J connectivity index is 3.11. The summed E-state index contributed by atoms with van der Waals surface area (Å²) in [5, 5.41) is 0. The molecule has 14 heavy (non-hydrogen) atoms. The second-order valence-corrected chi connectivity index (χ2v) is 4.08. The highest BCUT2D eigenvalue weighted by Crippen LogP contribution is 2.14. The van der Waals surface area contributed by atoms with Crippen molar-refractivity contribution < 1.29 is 0 Å². The van der Waals surface area contributed by atoms with E-state index in [1.54, 1.807) is 0 Å². The monoisotopic (exact) mass is 193 g/mol. The van der Waals surface area contributed by atoms with Crippen molar-refractivity contribution in [2.75, 3.05) is 0 Å². The lowest BCUT2D eigenvalue weighted by Gasteiger charge is -2.12. The predicted octanol–water partition coefficient (Wildman–Crippen LogP) is 1.75. The first kappa shape index (κ1) is 11.1.